The molecule has 0 aromatic carbocycles. The van der Waals surface area contributed by atoms with Gasteiger partial charge in [0.25, 0.3) is 0 Å². The van der Waals surface area contributed by atoms with Crippen molar-refractivity contribution in [3.63, 3.8) is 0 Å². The van der Waals surface area contributed by atoms with Gasteiger partial charge in [-0.2, -0.15) is 0 Å². The van der Waals surface area contributed by atoms with Gasteiger partial charge in [-0.1, -0.05) is 0 Å². The molecule has 0 atom stereocenters. The number of hydrogen-bond donors (Lipinski definition) is 2. The van der Waals surface area contributed by atoms with E-state index >= 15 is 0 Å². The highest BCUT2D eigenvalue weighted by Gasteiger charge is 2.51. The topological polar surface area (TPSA) is 58.6 Å². The highest BCUT2D eigenvalue weighted by Crippen LogP contribution is 2.46. The molecule has 16 heavy (non-hydrogen) atoms. The van der Waals surface area contributed by atoms with Crippen LogP contribution in [0.3, 0.4) is 0 Å². The molecule has 1 aliphatic carbocycles. The Kier molecular flexibility index (Phi) is 3.50. The third-order valence-corrected chi connectivity index (χ3v) is 3.92. The van der Waals surface area contributed by atoms with Crippen LogP contribution in [0.4, 0.5) is 0 Å². The maximum atomic E-state index is 11.5. The number of carbonyl (C=O) groups is 1. The van der Waals surface area contributed by atoms with Crippen LogP contribution in [0.5, 0.6) is 0 Å². The number of nitrogens with one attached hydrogen (secondary N) is 1. The second kappa shape index (κ2) is 4.72. The van der Waals surface area contributed by atoms with Crippen LogP contribution in [-0.4, -0.2) is 36.4 Å². The second-order valence-electron chi connectivity index (χ2n) is 4.99. The zero-order valence-corrected chi connectivity index (χ0v) is 9.87. The van der Waals surface area contributed by atoms with Crippen LogP contribution in [0.15, 0.2) is 0 Å². The summed E-state index contributed by atoms with van der Waals surface area (Å²) in [6.07, 6.45) is 3.23. The van der Waals surface area contributed by atoms with Gasteiger partial charge < -0.3 is 15.2 Å². The molecule has 1 saturated heterocycles. The highest BCUT2D eigenvalue weighted by molar-refractivity contribution is 5.74. The van der Waals surface area contributed by atoms with Gasteiger partial charge in [-0.3, -0.25) is 4.79 Å². The first-order chi connectivity index (χ1) is 7.65. The number of carbonyl (C=O) groups excluding carboxylic acids is 1. The molecular weight excluding hydrogens is 206 g/mol. The molecule has 2 N–H and O–H groups in total. The molecule has 1 saturated carbocycles. The van der Waals surface area contributed by atoms with E-state index in [2.05, 4.69) is 5.32 Å². The van der Waals surface area contributed by atoms with Crippen LogP contribution in [0.2, 0.25) is 0 Å². The van der Waals surface area contributed by atoms with Crippen molar-refractivity contribution in [1.82, 2.24) is 5.32 Å². The fourth-order valence-corrected chi connectivity index (χ4v) is 2.91. The van der Waals surface area contributed by atoms with Crippen molar-refractivity contribution in [2.75, 3.05) is 19.7 Å². The zero-order chi connectivity index (χ0) is 11.6. The summed E-state index contributed by atoms with van der Waals surface area (Å²) in [5, 5.41) is 13.7. The van der Waals surface area contributed by atoms with Gasteiger partial charge in [-0.15, -0.1) is 0 Å². The predicted octanol–water partition coefficient (Wildman–Crippen LogP) is 0.690. The smallest absolute Gasteiger partial charge is 0.309 e. The molecule has 2 rings (SSSR count). The molecule has 0 aromatic heterocycles. The summed E-state index contributed by atoms with van der Waals surface area (Å²) >= 11 is 0. The van der Waals surface area contributed by atoms with Crippen molar-refractivity contribution >= 4 is 5.97 Å². The number of piperidine rings is 1. The molecule has 0 amide bonds. The van der Waals surface area contributed by atoms with Crippen LogP contribution in [-0.2, 0) is 9.53 Å². The van der Waals surface area contributed by atoms with Crippen molar-refractivity contribution in [3.8, 4) is 0 Å². The lowest BCUT2D eigenvalue weighted by Gasteiger charge is -2.48. The lowest BCUT2D eigenvalue weighted by Crippen LogP contribution is -2.54. The summed E-state index contributed by atoms with van der Waals surface area (Å²) in [6.45, 7) is 4.21. The number of rotatable bonds is 3. The normalized spacial score (nSPS) is 35.5. The molecule has 0 spiro atoms. The van der Waals surface area contributed by atoms with Crippen LogP contribution in [0.25, 0.3) is 0 Å². The monoisotopic (exact) mass is 227 g/mol. The Morgan fingerprint density at radius 2 is 2.06 bits per heavy atom. The molecule has 2 aliphatic rings. The Balaban J connectivity index is 1.82. The van der Waals surface area contributed by atoms with Crippen molar-refractivity contribution in [1.29, 1.82) is 0 Å². The Labute approximate surface area is 96.4 Å². The van der Waals surface area contributed by atoms with Crippen LogP contribution >= 0.6 is 0 Å². The fourth-order valence-electron chi connectivity index (χ4n) is 2.91. The average Bonchev–Trinajstić information content (AvgIpc) is 2.26. The first-order valence-corrected chi connectivity index (χ1v) is 6.25. The molecule has 4 nitrogen and oxygen atoms in total. The van der Waals surface area contributed by atoms with Crippen molar-refractivity contribution in [2.24, 2.45) is 11.8 Å². The molecule has 1 heterocycles. The number of aliphatic hydroxyl groups is 1. The molecule has 92 valence electrons. The van der Waals surface area contributed by atoms with E-state index in [4.69, 9.17) is 4.74 Å². The van der Waals surface area contributed by atoms with Crippen LogP contribution < -0.4 is 5.32 Å². The van der Waals surface area contributed by atoms with Gasteiger partial charge in [0, 0.05) is 0 Å². The van der Waals surface area contributed by atoms with Gasteiger partial charge in [-0.05, 0) is 51.6 Å². The maximum Gasteiger partial charge on any atom is 0.309 e. The molecule has 0 unspecified atom stereocenters. The second-order valence-corrected chi connectivity index (χ2v) is 4.99. The summed E-state index contributed by atoms with van der Waals surface area (Å²) in [6, 6.07) is 0. The van der Waals surface area contributed by atoms with Crippen molar-refractivity contribution in [2.45, 2.75) is 38.2 Å². The first kappa shape index (κ1) is 11.9. The molecular formula is C12H21NO3. The minimum absolute atomic E-state index is 0.0696. The molecule has 1 aliphatic heterocycles. The number of hydrogen-bond acceptors (Lipinski definition) is 4. The van der Waals surface area contributed by atoms with E-state index in [-0.39, 0.29) is 11.9 Å². The Morgan fingerprint density at radius 1 is 1.44 bits per heavy atom. The van der Waals surface area contributed by atoms with Crippen LogP contribution in [0, 0.1) is 11.8 Å². The Morgan fingerprint density at radius 3 is 2.62 bits per heavy atom. The van der Waals surface area contributed by atoms with E-state index in [9.17, 15) is 9.90 Å². The van der Waals surface area contributed by atoms with E-state index in [1.807, 2.05) is 6.92 Å². The fraction of sp³-hybridized carbons (Fsp3) is 0.917. The van der Waals surface area contributed by atoms with Gasteiger partial charge in [-0.25, -0.2) is 0 Å². The van der Waals surface area contributed by atoms with Crippen molar-refractivity contribution < 1.29 is 14.6 Å². The third-order valence-electron chi connectivity index (χ3n) is 3.92. The SMILES string of the molecule is CCOC(=O)C1CC(O)(C2CCNCC2)C1. The maximum absolute atomic E-state index is 11.5. The van der Waals surface area contributed by atoms with E-state index in [0.717, 1.165) is 25.9 Å². The van der Waals surface area contributed by atoms with Crippen LogP contribution in [0.1, 0.15) is 32.6 Å². The molecule has 0 aromatic rings. The summed E-state index contributed by atoms with van der Waals surface area (Å²) in [7, 11) is 0. The summed E-state index contributed by atoms with van der Waals surface area (Å²) < 4.78 is 4.96. The number of esters is 1. The van der Waals surface area contributed by atoms with Gasteiger partial charge in [0.05, 0.1) is 18.1 Å². The van der Waals surface area contributed by atoms with E-state index in [1.165, 1.54) is 0 Å². The van der Waals surface area contributed by atoms with E-state index in [0.29, 0.717) is 25.4 Å². The quantitative estimate of drug-likeness (QED) is 0.696. The van der Waals surface area contributed by atoms with Gasteiger partial charge in [0.15, 0.2) is 0 Å². The summed E-state index contributed by atoms with van der Waals surface area (Å²) in [4.78, 5) is 11.5. The van der Waals surface area contributed by atoms with Gasteiger partial charge >= 0.3 is 5.97 Å². The van der Waals surface area contributed by atoms with E-state index < -0.39 is 5.60 Å². The third kappa shape index (κ3) is 2.23. The molecule has 4 heteroatoms. The Hall–Kier alpha value is -0.610. The largest absolute Gasteiger partial charge is 0.466 e. The predicted molar refractivity (Wildman–Crippen MR) is 59.9 cm³/mol. The average molecular weight is 227 g/mol. The first-order valence-electron chi connectivity index (χ1n) is 6.25. The molecule has 2 fully saturated rings. The highest BCUT2D eigenvalue weighted by atomic mass is 16.5. The lowest BCUT2D eigenvalue weighted by atomic mass is 9.62. The summed E-state index contributed by atoms with van der Waals surface area (Å²) in [5.74, 6) is 0.153. The van der Waals surface area contributed by atoms with E-state index in [1.54, 1.807) is 0 Å². The van der Waals surface area contributed by atoms with Gasteiger partial charge in [0.2, 0.25) is 0 Å². The minimum atomic E-state index is -0.598. The number of ether oxygens (including phenoxy) is 1. The summed E-state index contributed by atoms with van der Waals surface area (Å²) in [5.41, 5.74) is -0.598. The zero-order valence-electron chi connectivity index (χ0n) is 9.87. The molecule has 0 radical (unpaired) electrons. The standard InChI is InChI=1S/C12H21NO3/c1-2-16-11(14)9-7-12(15,8-9)10-3-5-13-6-4-10/h9-10,13,15H,2-8H2,1H3. The Bertz CT molecular complexity index is 255. The van der Waals surface area contributed by atoms with Crippen molar-refractivity contribution in [3.05, 3.63) is 0 Å². The van der Waals surface area contributed by atoms with Gasteiger partial charge in [0.1, 0.15) is 0 Å². The lowest BCUT2D eigenvalue weighted by molar-refractivity contribution is -0.173. The molecule has 0 bridgehead atoms. The minimum Gasteiger partial charge on any atom is -0.466 e.